The second kappa shape index (κ2) is 15.0. The maximum atomic E-state index is 13.5. The Morgan fingerprint density at radius 1 is 0.930 bits per heavy atom. The van der Waals surface area contributed by atoms with Crippen LogP contribution in [0.25, 0.3) is 33.1 Å². The Morgan fingerprint density at radius 2 is 1.65 bits per heavy atom. The van der Waals surface area contributed by atoms with Crippen LogP contribution in [0.4, 0.5) is 0 Å². The number of nitrogens with zero attached hydrogens (tertiary/aromatic N) is 1. The monoisotopic (exact) mass is 635 g/mol. The van der Waals surface area contributed by atoms with E-state index in [0.29, 0.717) is 25.2 Å². The van der Waals surface area contributed by atoms with Crippen LogP contribution < -0.4 is 16.4 Å². The minimum atomic E-state index is -0.169. The molecule has 0 saturated heterocycles. The van der Waals surface area contributed by atoms with Gasteiger partial charge in [0, 0.05) is 51.2 Å². The number of nitrogens with two attached hydrogens (primary N) is 1. The number of hydrogen-bond acceptors (Lipinski definition) is 4. The number of amides is 1. The van der Waals surface area contributed by atoms with E-state index < -0.39 is 0 Å². The van der Waals surface area contributed by atoms with E-state index in [1.807, 2.05) is 73.9 Å². The third-order valence-electron chi connectivity index (χ3n) is 7.68. The summed E-state index contributed by atoms with van der Waals surface area (Å²) in [6.07, 6.45) is 10.9. The number of aromatic nitrogens is 2. The highest BCUT2D eigenvalue weighted by Crippen LogP contribution is 2.32. The third kappa shape index (κ3) is 7.91. The van der Waals surface area contributed by atoms with Gasteiger partial charge in [-0.25, -0.2) is 4.98 Å². The Bertz CT molecular complexity index is 1750. The molecular formula is C36H38BrN5O. The molecular weight excluding hydrogens is 598 g/mol. The molecule has 1 saturated carbocycles. The molecule has 1 aliphatic rings. The van der Waals surface area contributed by atoms with E-state index in [1.165, 1.54) is 38.5 Å². The molecule has 1 amide bonds. The summed E-state index contributed by atoms with van der Waals surface area (Å²) in [5.74, 6) is 6.06. The van der Waals surface area contributed by atoms with E-state index in [4.69, 9.17) is 10.7 Å². The average Bonchev–Trinajstić information content (AvgIpc) is 3.47. The first-order chi connectivity index (χ1) is 21.1. The topological polar surface area (TPSA) is 95.8 Å². The summed E-state index contributed by atoms with van der Waals surface area (Å²) in [4.78, 5) is 21.8. The van der Waals surface area contributed by atoms with Gasteiger partial charge in [0.05, 0.1) is 23.3 Å². The van der Waals surface area contributed by atoms with E-state index in [1.54, 1.807) is 0 Å². The summed E-state index contributed by atoms with van der Waals surface area (Å²) in [7, 11) is 1.86. The van der Waals surface area contributed by atoms with Crippen LogP contribution in [0.15, 0.2) is 77.4 Å². The maximum absolute atomic E-state index is 13.5. The van der Waals surface area contributed by atoms with Gasteiger partial charge >= 0.3 is 0 Å². The Balaban J connectivity index is 0.000000548. The molecule has 220 valence electrons. The first-order valence-corrected chi connectivity index (χ1v) is 15.8. The fourth-order valence-electron chi connectivity index (χ4n) is 5.30. The highest BCUT2D eigenvalue weighted by atomic mass is 79.9. The van der Waals surface area contributed by atoms with Crippen molar-refractivity contribution in [2.24, 2.45) is 5.73 Å². The van der Waals surface area contributed by atoms with E-state index in [-0.39, 0.29) is 5.91 Å². The number of aromatic amines is 1. The molecule has 0 atom stereocenters. The summed E-state index contributed by atoms with van der Waals surface area (Å²) in [6, 6.07) is 21.7. The van der Waals surface area contributed by atoms with Crippen molar-refractivity contribution in [3.8, 4) is 23.1 Å². The molecule has 0 radical (unpaired) electrons. The van der Waals surface area contributed by atoms with Crippen LogP contribution in [0.3, 0.4) is 0 Å². The molecule has 0 bridgehead atoms. The number of H-pyrrole nitrogens is 1. The average molecular weight is 637 g/mol. The van der Waals surface area contributed by atoms with Gasteiger partial charge in [0.25, 0.3) is 5.91 Å². The molecule has 43 heavy (non-hydrogen) atoms. The second-order valence-corrected chi connectivity index (χ2v) is 11.8. The normalized spacial score (nSPS) is 12.7. The Labute approximate surface area is 262 Å². The molecule has 5 N–H and O–H groups in total. The van der Waals surface area contributed by atoms with Crippen LogP contribution in [-0.2, 0) is 13.1 Å². The van der Waals surface area contributed by atoms with Crippen LogP contribution >= 0.6 is 15.9 Å². The van der Waals surface area contributed by atoms with E-state index in [2.05, 4.69) is 49.5 Å². The standard InChI is InChI=1S/C30H26BrN5O.C6H12/c1-33-12-2-3-19-8-10-28-23(13-19)25(30(37)35-17-21-6-4-20(16-32)5-7-21)15-29(36-28)26-18-34-27-11-9-22(31)14-24(26)27;1-2-4-6-5-3-1/h4-11,13-15,18,33-34H,12,16-17,32H2,1H3,(H,35,37);1-6H2. The molecule has 1 aliphatic carbocycles. The predicted octanol–water partition coefficient (Wildman–Crippen LogP) is 7.45. The third-order valence-corrected chi connectivity index (χ3v) is 8.18. The summed E-state index contributed by atoms with van der Waals surface area (Å²) >= 11 is 3.56. The van der Waals surface area contributed by atoms with Gasteiger partial charge in [-0.15, -0.1) is 0 Å². The number of carbonyl (C=O) groups excluding carboxylic acids is 1. The molecule has 2 aromatic heterocycles. The van der Waals surface area contributed by atoms with Gasteiger partial charge in [-0.1, -0.05) is 90.6 Å². The number of carbonyl (C=O) groups is 1. The summed E-state index contributed by atoms with van der Waals surface area (Å²) in [6.45, 7) is 1.48. The van der Waals surface area contributed by atoms with Crippen LogP contribution in [0.5, 0.6) is 0 Å². The van der Waals surface area contributed by atoms with Crippen molar-refractivity contribution in [2.45, 2.75) is 51.6 Å². The zero-order valence-corrected chi connectivity index (χ0v) is 26.2. The minimum Gasteiger partial charge on any atom is -0.360 e. The highest BCUT2D eigenvalue weighted by molar-refractivity contribution is 9.10. The fraction of sp³-hybridized carbons (Fsp3) is 0.278. The smallest absolute Gasteiger partial charge is 0.252 e. The number of pyridine rings is 1. The number of nitrogens with one attached hydrogen (secondary N) is 3. The van der Waals surface area contributed by atoms with Crippen LogP contribution in [-0.4, -0.2) is 29.5 Å². The van der Waals surface area contributed by atoms with Crippen LogP contribution in [0.2, 0.25) is 0 Å². The van der Waals surface area contributed by atoms with E-state index in [9.17, 15) is 4.79 Å². The van der Waals surface area contributed by atoms with Gasteiger partial charge in [0.15, 0.2) is 0 Å². The molecule has 6 rings (SSSR count). The number of hydrogen-bond donors (Lipinski definition) is 4. The van der Waals surface area contributed by atoms with Crippen LogP contribution in [0.1, 0.15) is 65.6 Å². The zero-order chi connectivity index (χ0) is 30.0. The molecule has 0 unspecified atom stereocenters. The van der Waals surface area contributed by atoms with Crippen molar-refractivity contribution in [1.82, 2.24) is 20.6 Å². The molecule has 6 nitrogen and oxygen atoms in total. The van der Waals surface area contributed by atoms with Gasteiger partial charge in [0.2, 0.25) is 0 Å². The Hall–Kier alpha value is -3.96. The maximum Gasteiger partial charge on any atom is 0.252 e. The largest absolute Gasteiger partial charge is 0.360 e. The lowest BCUT2D eigenvalue weighted by molar-refractivity contribution is 0.0952. The van der Waals surface area contributed by atoms with Gasteiger partial charge < -0.3 is 21.4 Å². The molecule has 2 heterocycles. The number of fused-ring (bicyclic) bond motifs is 2. The van der Waals surface area contributed by atoms with Crippen molar-refractivity contribution < 1.29 is 4.79 Å². The second-order valence-electron chi connectivity index (χ2n) is 10.8. The minimum absolute atomic E-state index is 0.169. The van der Waals surface area contributed by atoms with Crippen molar-refractivity contribution in [1.29, 1.82) is 0 Å². The zero-order valence-electron chi connectivity index (χ0n) is 24.6. The first kappa shape index (κ1) is 30.5. The van der Waals surface area contributed by atoms with Gasteiger partial charge in [-0.05, 0) is 60.6 Å². The van der Waals surface area contributed by atoms with Crippen molar-refractivity contribution in [3.05, 3.63) is 99.7 Å². The Kier molecular flexibility index (Phi) is 10.6. The molecule has 5 aromatic rings. The molecule has 3 aromatic carbocycles. The summed E-state index contributed by atoms with van der Waals surface area (Å²) in [5.41, 5.74) is 12.5. The SMILES string of the molecule is C1CCCCC1.CNCC#Cc1ccc2nc(-c3c[nH]c4ccc(Br)cc34)cc(C(=O)NCc3ccc(CN)cc3)c2c1. The number of rotatable bonds is 6. The van der Waals surface area contributed by atoms with Crippen molar-refractivity contribution >= 4 is 43.6 Å². The Morgan fingerprint density at radius 3 is 2.35 bits per heavy atom. The summed E-state index contributed by atoms with van der Waals surface area (Å²) < 4.78 is 0.977. The number of benzene rings is 3. The quantitative estimate of drug-likeness (QED) is 0.146. The lowest BCUT2D eigenvalue weighted by Crippen LogP contribution is -2.23. The van der Waals surface area contributed by atoms with Gasteiger partial charge in [0.1, 0.15) is 0 Å². The highest BCUT2D eigenvalue weighted by Gasteiger charge is 2.17. The fourth-order valence-corrected chi connectivity index (χ4v) is 5.66. The van der Waals surface area contributed by atoms with E-state index in [0.717, 1.165) is 54.2 Å². The molecule has 7 heteroatoms. The molecule has 0 spiro atoms. The lowest BCUT2D eigenvalue weighted by Gasteiger charge is -2.11. The van der Waals surface area contributed by atoms with Crippen molar-refractivity contribution in [2.75, 3.05) is 13.6 Å². The van der Waals surface area contributed by atoms with Crippen LogP contribution in [0, 0.1) is 11.8 Å². The first-order valence-electron chi connectivity index (χ1n) is 15.0. The van der Waals surface area contributed by atoms with Gasteiger partial charge in [-0.2, -0.15) is 0 Å². The van der Waals surface area contributed by atoms with Gasteiger partial charge in [-0.3, -0.25) is 4.79 Å². The van der Waals surface area contributed by atoms with E-state index >= 15 is 0 Å². The number of halogens is 1. The molecule has 1 fully saturated rings. The van der Waals surface area contributed by atoms with Crippen molar-refractivity contribution in [3.63, 3.8) is 0 Å². The molecule has 0 aliphatic heterocycles. The lowest BCUT2D eigenvalue weighted by atomic mass is 10.0. The summed E-state index contributed by atoms with van der Waals surface area (Å²) in [5, 5.41) is 7.89. The predicted molar refractivity (Wildman–Crippen MR) is 181 cm³/mol.